The number of hydrogen-bond donors (Lipinski definition) is 1. The molecule has 0 heterocycles. The Morgan fingerprint density at radius 2 is 1.50 bits per heavy atom. The molecular weight excluding hydrogens is 240 g/mol. The lowest BCUT2D eigenvalue weighted by Crippen LogP contribution is -1.89. The van der Waals surface area contributed by atoms with Crippen molar-refractivity contribution in [3.8, 4) is 0 Å². The van der Waals surface area contributed by atoms with Crippen molar-refractivity contribution in [2.24, 2.45) is 0 Å². The molecule has 0 saturated carbocycles. The van der Waals surface area contributed by atoms with Gasteiger partial charge < -0.3 is 5.11 Å². The van der Waals surface area contributed by atoms with Gasteiger partial charge in [-0.2, -0.15) is 0 Å². The van der Waals surface area contributed by atoms with Gasteiger partial charge in [0.25, 0.3) is 0 Å². The molecule has 0 fully saturated rings. The standard InChI is InChI=1S/C16H18OS/c1-11-4-7-16(10-12(11)2)18-15-8-5-14(6-9-15)13(3)17/h4-10,13,17H,1-3H3/t13-/m0/s1. The molecular formula is C16H18OS. The van der Waals surface area contributed by atoms with Crippen molar-refractivity contribution in [2.75, 3.05) is 0 Å². The van der Waals surface area contributed by atoms with Gasteiger partial charge in [-0.25, -0.2) is 0 Å². The largest absolute Gasteiger partial charge is 0.389 e. The average molecular weight is 258 g/mol. The van der Waals surface area contributed by atoms with Gasteiger partial charge in [-0.05, 0) is 61.7 Å². The van der Waals surface area contributed by atoms with Crippen LogP contribution < -0.4 is 0 Å². The van der Waals surface area contributed by atoms with Crippen molar-refractivity contribution in [3.63, 3.8) is 0 Å². The van der Waals surface area contributed by atoms with Crippen LogP contribution in [0.3, 0.4) is 0 Å². The molecule has 2 rings (SSSR count). The summed E-state index contributed by atoms with van der Waals surface area (Å²) >= 11 is 1.75. The van der Waals surface area contributed by atoms with E-state index in [0.717, 1.165) is 5.56 Å². The van der Waals surface area contributed by atoms with Crippen molar-refractivity contribution < 1.29 is 5.11 Å². The summed E-state index contributed by atoms with van der Waals surface area (Å²) in [6.07, 6.45) is -0.398. The zero-order valence-corrected chi connectivity index (χ0v) is 11.8. The maximum absolute atomic E-state index is 9.46. The van der Waals surface area contributed by atoms with Crippen LogP contribution >= 0.6 is 11.8 Å². The molecule has 0 aliphatic heterocycles. The minimum absolute atomic E-state index is 0.398. The van der Waals surface area contributed by atoms with E-state index >= 15 is 0 Å². The number of aliphatic hydroxyl groups is 1. The molecule has 0 radical (unpaired) electrons. The molecule has 1 atom stereocenters. The summed E-state index contributed by atoms with van der Waals surface area (Å²) < 4.78 is 0. The van der Waals surface area contributed by atoms with E-state index < -0.39 is 6.10 Å². The molecule has 2 heteroatoms. The first kappa shape index (κ1) is 13.2. The third-order valence-electron chi connectivity index (χ3n) is 3.08. The van der Waals surface area contributed by atoms with Crippen LogP contribution in [0.15, 0.2) is 52.3 Å². The van der Waals surface area contributed by atoms with Gasteiger partial charge in [0.2, 0.25) is 0 Å². The lowest BCUT2D eigenvalue weighted by Gasteiger charge is -2.07. The van der Waals surface area contributed by atoms with Gasteiger partial charge in [0.1, 0.15) is 0 Å². The number of benzene rings is 2. The molecule has 0 aliphatic carbocycles. The van der Waals surface area contributed by atoms with E-state index in [9.17, 15) is 5.11 Å². The Hall–Kier alpha value is -1.25. The molecule has 94 valence electrons. The minimum Gasteiger partial charge on any atom is -0.389 e. The molecule has 0 aromatic heterocycles. The quantitative estimate of drug-likeness (QED) is 0.874. The van der Waals surface area contributed by atoms with Gasteiger partial charge in [-0.15, -0.1) is 0 Å². The van der Waals surface area contributed by atoms with Crippen LogP contribution in [-0.4, -0.2) is 5.11 Å². The first-order valence-electron chi connectivity index (χ1n) is 6.09. The zero-order chi connectivity index (χ0) is 13.1. The molecule has 0 bridgehead atoms. The molecule has 1 nitrogen and oxygen atoms in total. The summed E-state index contributed by atoms with van der Waals surface area (Å²) in [7, 11) is 0. The lowest BCUT2D eigenvalue weighted by atomic mass is 10.1. The fraction of sp³-hybridized carbons (Fsp3) is 0.250. The maximum atomic E-state index is 9.46. The molecule has 2 aromatic rings. The maximum Gasteiger partial charge on any atom is 0.0761 e. The van der Waals surface area contributed by atoms with Crippen molar-refractivity contribution >= 4 is 11.8 Å². The number of aliphatic hydroxyl groups excluding tert-OH is 1. The normalized spacial score (nSPS) is 12.4. The molecule has 0 saturated heterocycles. The predicted molar refractivity (Wildman–Crippen MR) is 77.1 cm³/mol. The van der Waals surface area contributed by atoms with Crippen molar-refractivity contribution in [1.29, 1.82) is 0 Å². The van der Waals surface area contributed by atoms with E-state index in [2.05, 4.69) is 44.2 Å². The number of rotatable bonds is 3. The van der Waals surface area contributed by atoms with Gasteiger partial charge in [0.05, 0.1) is 6.10 Å². The molecule has 0 unspecified atom stereocenters. The smallest absolute Gasteiger partial charge is 0.0761 e. The Kier molecular flexibility index (Phi) is 4.10. The van der Waals surface area contributed by atoms with Gasteiger partial charge in [0.15, 0.2) is 0 Å². The van der Waals surface area contributed by atoms with Crippen LogP contribution in [0.1, 0.15) is 29.7 Å². The van der Waals surface area contributed by atoms with Crippen LogP contribution in [-0.2, 0) is 0 Å². The van der Waals surface area contributed by atoms with E-state index in [0.29, 0.717) is 0 Å². The van der Waals surface area contributed by atoms with Gasteiger partial charge in [0, 0.05) is 9.79 Å². The molecule has 0 spiro atoms. The summed E-state index contributed by atoms with van der Waals surface area (Å²) in [6, 6.07) is 14.6. The third-order valence-corrected chi connectivity index (χ3v) is 4.07. The summed E-state index contributed by atoms with van der Waals surface area (Å²) in [5.74, 6) is 0. The highest BCUT2D eigenvalue weighted by Gasteiger charge is 2.02. The van der Waals surface area contributed by atoms with E-state index in [-0.39, 0.29) is 0 Å². The third kappa shape index (κ3) is 3.15. The predicted octanol–water partition coefficient (Wildman–Crippen LogP) is 4.51. The monoisotopic (exact) mass is 258 g/mol. The van der Waals surface area contributed by atoms with Gasteiger partial charge in [-0.3, -0.25) is 0 Å². The Morgan fingerprint density at radius 1 is 0.889 bits per heavy atom. The highest BCUT2D eigenvalue weighted by molar-refractivity contribution is 7.99. The average Bonchev–Trinajstić information content (AvgIpc) is 2.34. The first-order valence-corrected chi connectivity index (χ1v) is 6.91. The number of aryl methyl sites for hydroxylation is 2. The second kappa shape index (κ2) is 5.59. The summed E-state index contributed by atoms with van der Waals surface area (Å²) in [5, 5.41) is 9.46. The Morgan fingerprint density at radius 3 is 2.06 bits per heavy atom. The molecule has 18 heavy (non-hydrogen) atoms. The summed E-state index contributed by atoms with van der Waals surface area (Å²) in [6.45, 7) is 6.04. The van der Waals surface area contributed by atoms with Crippen molar-refractivity contribution in [1.82, 2.24) is 0 Å². The second-order valence-corrected chi connectivity index (χ2v) is 5.74. The Balaban J connectivity index is 2.15. The fourth-order valence-corrected chi connectivity index (χ4v) is 2.64. The summed E-state index contributed by atoms with van der Waals surface area (Å²) in [5.41, 5.74) is 3.60. The van der Waals surface area contributed by atoms with Crippen molar-refractivity contribution in [3.05, 3.63) is 59.2 Å². The highest BCUT2D eigenvalue weighted by atomic mass is 32.2. The number of hydrogen-bond acceptors (Lipinski definition) is 2. The zero-order valence-electron chi connectivity index (χ0n) is 11.0. The Labute approximate surface area is 113 Å². The van der Waals surface area contributed by atoms with Crippen LogP contribution in [0.2, 0.25) is 0 Å². The van der Waals surface area contributed by atoms with Crippen LogP contribution in [0, 0.1) is 13.8 Å². The second-order valence-electron chi connectivity index (χ2n) is 4.59. The molecule has 0 amide bonds. The van der Waals surface area contributed by atoms with E-state index in [1.807, 2.05) is 12.1 Å². The van der Waals surface area contributed by atoms with Gasteiger partial charge >= 0.3 is 0 Å². The molecule has 2 aromatic carbocycles. The van der Waals surface area contributed by atoms with Crippen LogP contribution in [0.5, 0.6) is 0 Å². The lowest BCUT2D eigenvalue weighted by molar-refractivity contribution is 0.199. The van der Waals surface area contributed by atoms with E-state index in [1.165, 1.54) is 20.9 Å². The van der Waals surface area contributed by atoms with Crippen molar-refractivity contribution in [2.45, 2.75) is 36.7 Å². The van der Waals surface area contributed by atoms with E-state index in [4.69, 9.17) is 0 Å². The Bertz CT molecular complexity index is 529. The summed E-state index contributed by atoms with van der Waals surface area (Å²) in [4.78, 5) is 2.45. The van der Waals surface area contributed by atoms with Crippen LogP contribution in [0.4, 0.5) is 0 Å². The van der Waals surface area contributed by atoms with Crippen LogP contribution in [0.25, 0.3) is 0 Å². The van der Waals surface area contributed by atoms with Gasteiger partial charge in [-0.1, -0.05) is 30.0 Å². The SMILES string of the molecule is Cc1ccc(Sc2ccc([C@H](C)O)cc2)cc1C. The minimum atomic E-state index is -0.398. The first-order chi connectivity index (χ1) is 8.56. The molecule has 0 aliphatic rings. The topological polar surface area (TPSA) is 20.2 Å². The van der Waals surface area contributed by atoms with E-state index in [1.54, 1.807) is 18.7 Å². The highest BCUT2D eigenvalue weighted by Crippen LogP contribution is 2.29. The molecule has 1 N–H and O–H groups in total. The fourth-order valence-electron chi connectivity index (χ4n) is 1.73.